The molecule has 2 rings (SSSR count). The van der Waals surface area contributed by atoms with E-state index in [-0.39, 0.29) is 5.54 Å². The molecule has 5 heteroatoms. The molecule has 0 saturated carbocycles. The van der Waals surface area contributed by atoms with Gasteiger partial charge in [0, 0.05) is 36.6 Å². The molecule has 1 aliphatic rings. The Hall–Kier alpha value is -0.650. The Labute approximate surface area is 127 Å². The molecule has 0 atom stereocenters. The van der Waals surface area contributed by atoms with Gasteiger partial charge in [-0.05, 0) is 34.4 Å². The molecule has 0 bridgehead atoms. The van der Waals surface area contributed by atoms with E-state index in [1.54, 1.807) is 0 Å². The molecular formula is C15H28N4S. The van der Waals surface area contributed by atoms with Crippen molar-refractivity contribution in [3.05, 3.63) is 10.6 Å². The average Bonchev–Trinajstić information content (AvgIpc) is 2.77. The first-order valence-corrected chi connectivity index (χ1v) is 8.39. The maximum absolute atomic E-state index is 4.92. The average molecular weight is 296 g/mol. The standard InChI is InChI=1S/C15H28N4S/c1-6-7-12-13(10-16-4)20-14(17-12)19-9-8-18(5)15(2,3)11-19/h16H,6-11H2,1-5H3. The van der Waals surface area contributed by atoms with Crippen LogP contribution in [0, 0.1) is 0 Å². The van der Waals surface area contributed by atoms with Crippen LogP contribution in [-0.2, 0) is 13.0 Å². The van der Waals surface area contributed by atoms with E-state index in [9.17, 15) is 0 Å². The molecule has 1 N–H and O–H groups in total. The zero-order chi connectivity index (χ0) is 14.8. The van der Waals surface area contributed by atoms with Gasteiger partial charge < -0.3 is 10.2 Å². The Balaban J connectivity index is 2.18. The smallest absolute Gasteiger partial charge is 0.185 e. The van der Waals surface area contributed by atoms with Gasteiger partial charge in [0.05, 0.1) is 5.69 Å². The van der Waals surface area contributed by atoms with Crippen LogP contribution in [0.15, 0.2) is 0 Å². The van der Waals surface area contributed by atoms with Crippen LogP contribution in [0.3, 0.4) is 0 Å². The normalized spacial score (nSPS) is 19.6. The molecule has 0 amide bonds. The van der Waals surface area contributed by atoms with Crippen molar-refractivity contribution in [3.8, 4) is 0 Å². The van der Waals surface area contributed by atoms with Gasteiger partial charge >= 0.3 is 0 Å². The second-order valence-electron chi connectivity index (χ2n) is 6.30. The van der Waals surface area contributed by atoms with E-state index >= 15 is 0 Å². The summed E-state index contributed by atoms with van der Waals surface area (Å²) >= 11 is 1.87. The summed E-state index contributed by atoms with van der Waals surface area (Å²) in [6.45, 7) is 11.0. The van der Waals surface area contributed by atoms with Crippen LogP contribution in [-0.4, -0.2) is 49.2 Å². The van der Waals surface area contributed by atoms with Crippen molar-refractivity contribution in [1.82, 2.24) is 15.2 Å². The van der Waals surface area contributed by atoms with Crippen LogP contribution in [0.1, 0.15) is 37.8 Å². The molecule has 2 heterocycles. The number of aromatic nitrogens is 1. The molecule has 20 heavy (non-hydrogen) atoms. The Bertz CT molecular complexity index is 418. The van der Waals surface area contributed by atoms with E-state index in [1.807, 2.05) is 18.4 Å². The monoisotopic (exact) mass is 296 g/mol. The van der Waals surface area contributed by atoms with Crippen molar-refractivity contribution in [3.63, 3.8) is 0 Å². The molecule has 1 saturated heterocycles. The minimum atomic E-state index is 0.220. The fraction of sp³-hybridized carbons (Fsp3) is 0.800. The molecule has 1 fully saturated rings. The quantitative estimate of drug-likeness (QED) is 0.904. The van der Waals surface area contributed by atoms with Gasteiger partial charge in [0.1, 0.15) is 0 Å². The van der Waals surface area contributed by atoms with E-state index < -0.39 is 0 Å². The summed E-state index contributed by atoms with van der Waals surface area (Å²) in [5.74, 6) is 0. The summed E-state index contributed by atoms with van der Waals surface area (Å²) < 4.78 is 0. The van der Waals surface area contributed by atoms with Crippen LogP contribution >= 0.6 is 11.3 Å². The number of nitrogens with one attached hydrogen (secondary N) is 1. The molecular weight excluding hydrogens is 268 g/mol. The number of anilines is 1. The Morgan fingerprint density at radius 3 is 2.70 bits per heavy atom. The van der Waals surface area contributed by atoms with Crippen LogP contribution in [0.25, 0.3) is 0 Å². The highest BCUT2D eigenvalue weighted by atomic mass is 32.1. The van der Waals surface area contributed by atoms with Gasteiger partial charge in [0.15, 0.2) is 5.13 Å². The number of likely N-dealkylation sites (N-methyl/N-ethyl adjacent to an activating group) is 1. The first kappa shape index (κ1) is 15.7. The molecule has 1 aliphatic heterocycles. The molecule has 0 radical (unpaired) electrons. The maximum Gasteiger partial charge on any atom is 0.185 e. The van der Waals surface area contributed by atoms with Gasteiger partial charge in [-0.15, -0.1) is 11.3 Å². The SMILES string of the molecule is CCCc1nc(N2CCN(C)C(C)(C)C2)sc1CNC. The van der Waals surface area contributed by atoms with Crippen molar-refractivity contribution in [2.45, 2.75) is 45.7 Å². The molecule has 0 unspecified atom stereocenters. The van der Waals surface area contributed by atoms with Crippen molar-refractivity contribution < 1.29 is 0 Å². The van der Waals surface area contributed by atoms with E-state index in [1.165, 1.54) is 15.7 Å². The number of aryl methyl sites for hydroxylation is 1. The number of piperazine rings is 1. The zero-order valence-electron chi connectivity index (χ0n) is 13.5. The summed E-state index contributed by atoms with van der Waals surface area (Å²) in [5.41, 5.74) is 1.51. The molecule has 1 aromatic rings. The summed E-state index contributed by atoms with van der Waals surface area (Å²) in [7, 11) is 4.22. The summed E-state index contributed by atoms with van der Waals surface area (Å²) in [6, 6.07) is 0. The first-order chi connectivity index (χ1) is 9.47. The number of nitrogens with zero attached hydrogens (tertiary/aromatic N) is 3. The van der Waals surface area contributed by atoms with Gasteiger partial charge in [-0.2, -0.15) is 0 Å². The minimum absolute atomic E-state index is 0.220. The highest BCUT2D eigenvalue weighted by Gasteiger charge is 2.32. The van der Waals surface area contributed by atoms with Gasteiger partial charge in [0.25, 0.3) is 0 Å². The number of rotatable bonds is 5. The third-order valence-corrected chi connectivity index (χ3v) is 5.34. The predicted molar refractivity (Wildman–Crippen MR) is 87.8 cm³/mol. The lowest BCUT2D eigenvalue weighted by molar-refractivity contribution is 0.139. The minimum Gasteiger partial charge on any atom is -0.345 e. The summed E-state index contributed by atoms with van der Waals surface area (Å²) in [5, 5.41) is 4.47. The van der Waals surface area contributed by atoms with Crippen LogP contribution in [0.2, 0.25) is 0 Å². The number of hydrogen-bond acceptors (Lipinski definition) is 5. The van der Waals surface area contributed by atoms with Crippen molar-refractivity contribution >= 4 is 16.5 Å². The molecule has 1 aromatic heterocycles. The van der Waals surface area contributed by atoms with E-state index in [0.717, 1.165) is 39.0 Å². The molecule has 0 aliphatic carbocycles. The van der Waals surface area contributed by atoms with E-state index in [4.69, 9.17) is 4.98 Å². The van der Waals surface area contributed by atoms with Gasteiger partial charge in [-0.25, -0.2) is 4.98 Å². The van der Waals surface area contributed by atoms with Gasteiger partial charge in [-0.3, -0.25) is 4.90 Å². The van der Waals surface area contributed by atoms with Crippen molar-refractivity contribution in [1.29, 1.82) is 0 Å². The van der Waals surface area contributed by atoms with Crippen LogP contribution in [0.5, 0.6) is 0 Å². The van der Waals surface area contributed by atoms with E-state index in [0.29, 0.717) is 0 Å². The number of hydrogen-bond donors (Lipinski definition) is 1. The lowest BCUT2D eigenvalue weighted by Crippen LogP contribution is -2.57. The molecule has 0 spiro atoms. The summed E-state index contributed by atoms with van der Waals surface area (Å²) in [6.07, 6.45) is 2.25. The third-order valence-electron chi connectivity index (χ3n) is 4.18. The fourth-order valence-electron chi connectivity index (χ4n) is 2.64. The Kier molecular flexibility index (Phi) is 5.04. The summed E-state index contributed by atoms with van der Waals surface area (Å²) in [4.78, 5) is 11.2. The lowest BCUT2D eigenvalue weighted by Gasteiger charge is -2.45. The highest BCUT2D eigenvalue weighted by molar-refractivity contribution is 7.15. The zero-order valence-corrected chi connectivity index (χ0v) is 14.3. The predicted octanol–water partition coefficient (Wildman–Crippen LogP) is 2.35. The van der Waals surface area contributed by atoms with Crippen molar-refractivity contribution in [2.24, 2.45) is 0 Å². The largest absolute Gasteiger partial charge is 0.345 e. The maximum atomic E-state index is 4.92. The van der Waals surface area contributed by atoms with Crippen LogP contribution in [0.4, 0.5) is 5.13 Å². The highest BCUT2D eigenvalue weighted by Crippen LogP contribution is 2.30. The van der Waals surface area contributed by atoms with Gasteiger partial charge in [0.2, 0.25) is 0 Å². The van der Waals surface area contributed by atoms with E-state index in [2.05, 4.69) is 42.9 Å². The molecule has 4 nitrogen and oxygen atoms in total. The Morgan fingerprint density at radius 2 is 2.10 bits per heavy atom. The third kappa shape index (κ3) is 3.32. The van der Waals surface area contributed by atoms with Crippen LogP contribution < -0.4 is 10.2 Å². The fourth-order valence-corrected chi connectivity index (χ4v) is 3.78. The lowest BCUT2D eigenvalue weighted by atomic mass is 10.0. The Morgan fingerprint density at radius 1 is 1.35 bits per heavy atom. The van der Waals surface area contributed by atoms with Gasteiger partial charge in [-0.1, -0.05) is 13.3 Å². The topological polar surface area (TPSA) is 31.4 Å². The van der Waals surface area contributed by atoms with Crippen molar-refractivity contribution in [2.75, 3.05) is 38.6 Å². The first-order valence-electron chi connectivity index (χ1n) is 7.57. The second kappa shape index (κ2) is 6.41. The second-order valence-corrected chi connectivity index (χ2v) is 7.36. The number of thiazole rings is 1. The molecule has 0 aromatic carbocycles. The molecule has 114 valence electrons.